The first kappa shape index (κ1) is 10.1. The first-order valence-corrected chi connectivity index (χ1v) is 5.14. The quantitative estimate of drug-likeness (QED) is 0.690. The van der Waals surface area contributed by atoms with Crippen LogP contribution in [-0.2, 0) is 0 Å². The molecule has 0 N–H and O–H groups in total. The third-order valence-electron chi connectivity index (χ3n) is 2.91. The Labute approximate surface area is 88.9 Å². The van der Waals surface area contributed by atoms with Crippen molar-refractivity contribution in [1.82, 2.24) is 4.90 Å². The van der Waals surface area contributed by atoms with E-state index in [4.69, 9.17) is 5.26 Å². The molecule has 0 spiro atoms. The van der Waals surface area contributed by atoms with Crippen LogP contribution >= 0.6 is 0 Å². The molecule has 1 aliphatic heterocycles. The Bertz CT molecular complexity index is 366. The van der Waals surface area contributed by atoms with Gasteiger partial charge in [0.15, 0.2) is 0 Å². The molecule has 1 heterocycles. The highest BCUT2D eigenvalue weighted by Crippen LogP contribution is 2.26. The molecule has 0 aromatic heterocycles. The van der Waals surface area contributed by atoms with Gasteiger partial charge in [0.25, 0.3) is 0 Å². The van der Waals surface area contributed by atoms with Crippen LogP contribution in [0.4, 0.5) is 4.39 Å². The van der Waals surface area contributed by atoms with Gasteiger partial charge in [0.05, 0.1) is 12.6 Å². The number of halogens is 1. The molecule has 15 heavy (non-hydrogen) atoms. The Morgan fingerprint density at radius 1 is 1.40 bits per heavy atom. The van der Waals surface area contributed by atoms with Gasteiger partial charge in [-0.1, -0.05) is 12.1 Å². The molecule has 0 aliphatic carbocycles. The van der Waals surface area contributed by atoms with Gasteiger partial charge in [0.1, 0.15) is 5.82 Å². The van der Waals surface area contributed by atoms with Crippen molar-refractivity contribution in [3.05, 3.63) is 35.6 Å². The highest BCUT2D eigenvalue weighted by Gasteiger charge is 2.23. The van der Waals surface area contributed by atoms with Crippen LogP contribution in [0.1, 0.15) is 17.9 Å². The smallest absolute Gasteiger partial charge is 0.123 e. The molecule has 1 saturated heterocycles. The molecule has 0 saturated carbocycles. The van der Waals surface area contributed by atoms with Crippen LogP contribution in [0.5, 0.6) is 0 Å². The Morgan fingerprint density at radius 2 is 2.13 bits per heavy atom. The number of nitrogens with zero attached hydrogens (tertiary/aromatic N) is 2. The molecule has 1 aromatic rings. The van der Waals surface area contributed by atoms with Gasteiger partial charge >= 0.3 is 0 Å². The van der Waals surface area contributed by atoms with Crippen LogP contribution in [0.25, 0.3) is 0 Å². The second-order valence-electron chi connectivity index (χ2n) is 3.93. The van der Waals surface area contributed by atoms with Gasteiger partial charge in [0.2, 0.25) is 0 Å². The highest BCUT2D eigenvalue weighted by atomic mass is 19.1. The van der Waals surface area contributed by atoms with Crippen molar-refractivity contribution in [2.24, 2.45) is 0 Å². The average molecular weight is 204 g/mol. The predicted molar refractivity (Wildman–Crippen MR) is 55.8 cm³/mol. The van der Waals surface area contributed by atoms with Crippen LogP contribution in [0.15, 0.2) is 24.3 Å². The molecule has 0 unspecified atom stereocenters. The number of nitriles is 1. The number of hydrogen-bond acceptors (Lipinski definition) is 2. The molecule has 0 amide bonds. The highest BCUT2D eigenvalue weighted by molar-refractivity contribution is 5.22. The van der Waals surface area contributed by atoms with E-state index in [9.17, 15) is 4.39 Å². The Kier molecular flexibility index (Phi) is 2.98. The standard InChI is InChI=1S/C12H13FN2/c13-12-3-1-10(2-4-12)11-5-7-15(9-11)8-6-14/h1-4,11H,5,7-9H2/t11-/m1/s1. The van der Waals surface area contributed by atoms with Crippen molar-refractivity contribution >= 4 is 0 Å². The van der Waals surface area contributed by atoms with Crippen LogP contribution in [0.2, 0.25) is 0 Å². The van der Waals surface area contributed by atoms with Gasteiger partial charge < -0.3 is 0 Å². The molecular weight excluding hydrogens is 191 g/mol. The normalized spacial score (nSPS) is 21.5. The molecule has 0 radical (unpaired) electrons. The van der Waals surface area contributed by atoms with Crippen LogP contribution < -0.4 is 0 Å². The summed E-state index contributed by atoms with van der Waals surface area (Å²) in [5.41, 5.74) is 1.18. The van der Waals surface area contributed by atoms with Crippen molar-refractivity contribution in [2.45, 2.75) is 12.3 Å². The summed E-state index contributed by atoms with van der Waals surface area (Å²) in [6.45, 7) is 2.38. The minimum atomic E-state index is -0.189. The lowest BCUT2D eigenvalue weighted by atomic mass is 9.99. The van der Waals surface area contributed by atoms with Gasteiger partial charge in [-0.25, -0.2) is 4.39 Å². The molecule has 2 rings (SSSR count). The molecule has 0 bridgehead atoms. The van der Waals surface area contributed by atoms with Gasteiger partial charge in [-0.3, -0.25) is 4.90 Å². The van der Waals surface area contributed by atoms with E-state index in [1.807, 2.05) is 12.1 Å². The largest absolute Gasteiger partial charge is 0.290 e. The minimum Gasteiger partial charge on any atom is -0.290 e. The SMILES string of the molecule is N#CCN1CC[C@@H](c2ccc(F)cc2)C1. The molecule has 1 aromatic carbocycles. The monoisotopic (exact) mass is 204 g/mol. The maximum atomic E-state index is 12.7. The van der Waals surface area contributed by atoms with Gasteiger partial charge in [-0.05, 0) is 36.6 Å². The maximum absolute atomic E-state index is 12.7. The lowest BCUT2D eigenvalue weighted by Gasteiger charge is -2.12. The molecule has 1 atom stereocenters. The van der Waals surface area contributed by atoms with E-state index in [0.717, 1.165) is 19.5 Å². The fraction of sp³-hybridized carbons (Fsp3) is 0.417. The summed E-state index contributed by atoms with van der Waals surface area (Å²) in [7, 11) is 0. The van der Waals surface area contributed by atoms with E-state index in [2.05, 4.69) is 11.0 Å². The lowest BCUT2D eigenvalue weighted by molar-refractivity contribution is 0.376. The van der Waals surface area contributed by atoms with Gasteiger partial charge in [0, 0.05) is 6.54 Å². The van der Waals surface area contributed by atoms with E-state index in [0.29, 0.717) is 12.5 Å². The van der Waals surface area contributed by atoms with Crippen LogP contribution in [0.3, 0.4) is 0 Å². The number of benzene rings is 1. The first-order valence-electron chi connectivity index (χ1n) is 5.14. The zero-order chi connectivity index (χ0) is 10.7. The number of hydrogen-bond donors (Lipinski definition) is 0. The first-order chi connectivity index (χ1) is 7.29. The summed E-state index contributed by atoms with van der Waals surface area (Å²) >= 11 is 0. The van der Waals surface area contributed by atoms with Crippen molar-refractivity contribution in [3.8, 4) is 6.07 Å². The Morgan fingerprint density at radius 3 is 2.80 bits per heavy atom. The maximum Gasteiger partial charge on any atom is 0.123 e. The predicted octanol–water partition coefficient (Wildman–Crippen LogP) is 2.14. The van der Waals surface area contributed by atoms with Crippen LogP contribution in [0, 0.1) is 17.1 Å². The minimum absolute atomic E-state index is 0.189. The van der Waals surface area contributed by atoms with E-state index < -0.39 is 0 Å². The summed E-state index contributed by atoms with van der Waals surface area (Å²) in [6.07, 6.45) is 1.06. The van der Waals surface area contributed by atoms with Crippen molar-refractivity contribution < 1.29 is 4.39 Å². The lowest BCUT2D eigenvalue weighted by Crippen LogP contribution is -2.20. The third kappa shape index (κ3) is 2.34. The average Bonchev–Trinajstić information content (AvgIpc) is 2.68. The van der Waals surface area contributed by atoms with E-state index >= 15 is 0 Å². The molecule has 3 heteroatoms. The van der Waals surface area contributed by atoms with Crippen molar-refractivity contribution in [3.63, 3.8) is 0 Å². The third-order valence-corrected chi connectivity index (χ3v) is 2.91. The number of likely N-dealkylation sites (tertiary alicyclic amines) is 1. The molecule has 2 nitrogen and oxygen atoms in total. The Hall–Kier alpha value is -1.40. The number of rotatable bonds is 2. The zero-order valence-electron chi connectivity index (χ0n) is 8.49. The molecule has 78 valence electrons. The van der Waals surface area contributed by atoms with E-state index in [-0.39, 0.29) is 5.82 Å². The fourth-order valence-corrected chi connectivity index (χ4v) is 2.08. The summed E-state index contributed by atoms with van der Waals surface area (Å²) in [5, 5.41) is 8.58. The zero-order valence-corrected chi connectivity index (χ0v) is 8.49. The van der Waals surface area contributed by atoms with Gasteiger partial charge in [-0.2, -0.15) is 5.26 Å². The molecule has 1 fully saturated rings. The van der Waals surface area contributed by atoms with Gasteiger partial charge in [-0.15, -0.1) is 0 Å². The summed E-state index contributed by atoms with van der Waals surface area (Å²) < 4.78 is 12.7. The van der Waals surface area contributed by atoms with Crippen molar-refractivity contribution in [2.75, 3.05) is 19.6 Å². The van der Waals surface area contributed by atoms with Crippen LogP contribution in [-0.4, -0.2) is 24.5 Å². The summed E-state index contributed by atoms with van der Waals surface area (Å²) in [5.74, 6) is 0.268. The second kappa shape index (κ2) is 4.41. The molecule has 1 aliphatic rings. The van der Waals surface area contributed by atoms with Crippen molar-refractivity contribution in [1.29, 1.82) is 5.26 Å². The second-order valence-corrected chi connectivity index (χ2v) is 3.93. The fourth-order valence-electron chi connectivity index (χ4n) is 2.08. The van der Waals surface area contributed by atoms with E-state index in [1.165, 1.54) is 17.7 Å². The summed E-state index contributed by atoms with van der Waals surface area (Å²) in [6, 6.07) is 8.85. The molecular formula is C12H13FN2. The van der Waals surface area contributed by atoms with E-state index in [1.54, 1.807) is 0 Å². The Balaban J connectivity index is 2.02. The topological polar surface area (TPSA) is 27.0 Å². The summed E-state index contributed by atoms with van der Waals surface area (Å²) in [4.78, 5) is 2.13.